The maximum Gasteiger partial charge on any atom is 0.235 e. The highest BCUT2D eigenvalue weighted by atomic mass is 32.2. The van der Waals surface area contributed by atoms with E-state index in [1.165, 1.54) is 16.8 Å². The number of nitrogens with zero attached hydrogens (tertiary/aromatic N) is 2. The number of rotatable bonds is 5. The number of hydrogen-bond donors (Lipinski definition) is 0. The van der Waals surface area contributed by atoms with Gasteiger partial charge < -0.3 is 9.80 Å². The number of hydrogen-bond acceptors (Lipinski definition) is 3. The Labute approximate surface area is 155 Å². The summed E-state index contributed by atoms with van der Waals surface area (Å²) in [4.78, 5) is 17.1. The molecular formula is C21H26N2OS. The van der Waals surface area contributed by atoms with E-state index in [2.05, 4.69) is 60.4 Å². The number of anilines is 1. The molecule has 1 saturated heterocycles. The normalized spacial score (nSPS) is 15.9. The fourth-order valence-electron chi connectivity index (χ4n) is 3.14. The predicted octanol–water partition coefficient (Wildman–Crippen LogP) is 3.97. The number of amides is 1. The van der Waals surface area contributed by atoms with Crippen LogP contribution in [0.25, 0.3) is 0 Å². The van der Waals surface area contributed by atoms with Gasteiger partial charge in [-0.25, -0.2) is 0 Å². The van der Waals surface area contributed by atoms with E-state index >= 15 is 0 Å². The van der Waals surface area contributed by atoms with Gasteiger partial charge in [0, 0.05) is 37.6 Å². The largest absolute Gasteiger partial charge is 0.368 e. The second-order valence-corrected chi connectivity index (χ2v) is 7.86. The highest BCUT2D eigenvalue weighted by Crippen LogP contribution is 2.23. The molecule has 1 aliphatic heterocycles. The molecule has 0 aliphatic carbocycles. The van der Waals surface area contributed by atoms with Crippen molar-refractivity contribution < 1.29 is 4.79 Å². The lowest BCUT2D eigenvalue weighted by Crippen LogP contribution is -2.50. The molecule has 0 bridgehead atoms. The number of benzene rings is 2. The van der Waals surface area contributed by atoms with E-state index in [1.807, 2.05) is 17.9 Å². The first-order valence-corrected chi connectivity index (χ1v) is 9.95. The van der Waals surface area contributed by atoms with Crippen LogP contribution in [-0.2, 0) is 10.5 Å². The van der Waals surface area contributed by atoms with Crippen molar-refractivity contribution in [2.24, 2.45) is 0 Å². The van der Waals surface area contributed by atoms with Gasteiger partial charge in [-0.05, 0) is 37.1 Å². The summed E-state index contributed by atoms with van der Waals surface area (Å²) in [5.41, 5.74) is 3.86. The Hall–Kier alpha value is -1.94. The summed E-state index contributed by atoms with van der Waals surface area (Å²) in [7, 11) is 0. The van der Waals surface area contributed by atoms with Gasteiger partial charge in [-0.2, -0.15) is 0 Å². The van der Waals surface area contributed by atoms with Crippen molar-refractivity contribution >= 4 is 23.4 Å². The SMILES string of the molecule is Cc1ccccc1CSC(C)C(=O)N1CCN(c2ccccc2)CC1. The van der Waals surface area contributed by atoms with Crippen molar-refractivity contribution in [1.29, 1.82) is 0 Å². The van der Waals surface area contributed by atoms with E-state index < -0.39 is 0 Å². The summed E-state index contributed by atoms with van der Waals surface area (Å²) in [6.45, 7) is 7.60. The number of piperazine rings is 1. The Bertz CT molecular complexity index is 696. The number of para-hydroxylation sites is 1. The van der Waals surface area contributed by atoms with E-state index in [9.17, 15) is 4.79 Å². The fourth-order valence-corrected chi connectivity index (χ4v) is 4.18. The first kappa shape index (κ1) is 17.9. The highest BCUT2D eigenvalue weighted by molar-refractivity contribution is 7.99. The molecule has 1 atom stereocenters. The number of carbonyl (C=O) groups is 1. The summed E-state index contributed by atoms with van der Waals surface area (Å²) in [5, 5.41) is 0.00267. The lowest BCUT2D eigenvalue weighted by atomic mass is 10.1. The molecule has 1 aliphatic rings. The minimum atomic E-state index is 0.00267. The molecule has 25 heavy (non-hydrogen) atoms. The standard InChI is InChI=1S/C21H26N2OS/c1-17-8-6-7-9-19(17)16-25-18(2)21(24)23-14-12-22(13-15-23)20-10-4-3-5-11-20/h3-11,18H,12-16H2,1-2H3. The zero-order valence-corrected chi connectivity index (χ0v) is 15.8. The Morgan fingerprint density at radius 3 is 2.32 bits per heavy atom. The molecule has 0 aromatic heterocycles. The van der Waals surface area contributed by atoms with Crippen LogP contribution < -0.4 is 4.90 Å². The van der Waals surface area contributed by atoms with E-state index in [0.717, 1.165) is 31.9 Å². The van der Waals surface area contributed by atoms with Gasteiger partial charge in [-0.15, -0.1) is 11.8 Å². The predicted molar refractivity (Wildman–Crippen MR) is 107 cm³/mol. The van der Waals surface area contributed by atoms with Gasteiger partial charge in [0.05, 0.1) is 5.25 Å². The third-order valence-electron chi connectivity index (χ3n) is 4.81. The smallest absolute Gasteiger partial charge is 0.235 e. The molecule has 1 unspecified atom stereocenters. The molecule has 0 saturated carbocycles. The topological polar surface area (TPSA) is 23.6 Å². The van der Waals surface area contributed by atoms with Crippen molar-refractivity contribution in [3.63, 3.8) is 0 Å². The van der Waals surface area contributed by atoms with E-state index in [4.69, 9.17) is 0 Å². The molecule has 1 heterocycles. The lowest BCUT2D eigenvalue weighted by Gasteiger charge is -2.37. The Morgan fingerprint density at radius 2 is 1.64 bits per heavy atom. The second-order valence-electron chi connectivity index (χ2n) is 6.53. The van der Waals surface area contributed by atoms with Crippen molar-refractivity contribution in [3.05, 3.63) is 65.7 Å². The van der Waals surface area contributed by atoms with E-state index in [-0.39, 0.29) is 11.2 Å². The lowest BCUT2D eigenvalue weighted by molar-refractivity contribution is -0.130. The van der Waals surface area contributed by atoms with Gasteiger partial charge in [-0.1, -0.05) is 42.5 Å². The fraction of sp³-hybridized carbons (Fsp3) is 0.381. The highest BCUT2D eigenvalue weighted by Gasteiger charge is 2.25. The van der Waals surface area contributed by atoms with Crippen LogP contribution >= 0.6 is 11.8 Å². The van der Waals surface area contributed by atoms with Crippen molar-refractivity contribution in [3.8, 4) is 0 Å². The van der Waals surface area contributed by atoms with Crippen LogP contribution in [0.3, 0.4) is 0 Å². The minimum Gasteiger partial charge on any atom is -0.368 e. The average Bonchev–Trinajstić information content (AvgIpc) is 2.67. The van der Waals surface area contributed by atoms with Crippen LogP contribution in [0, 0.1) is 6.92 Å². The van der Waals surface area contributed by atoms with E-state index in [1.54, 1.807) is 11.8 Å². The van der Waals surface area contributed by atoms with Gasteiger partial charge in [0.15, 0.2) is 0 Å². The maximum atomic E-state index is 12.7. The minimum absolute atomic E-state index is 0.00267. The molecule has 0 spiro atoms. The third kappa shape index (κ3) is 4.57. The van der Waals surface area contributed by atoms with Crippen molar-refractivity contribution in [2.45, 2.75) is 24.9 Å². The summed E-state index contributed by atoms with van der Waals surface area (Å²) in [5.74, 6) is 1.16. The number of thioether (sulfide) groups is 1. The first-order valence-electron chi connectivity index (χ1n) is 8.90. The maximum absolute atomic E-state index is 12.7. The van der Waals surface area contributed by atoms with Gasteiger partial charge in [-0.3, -0.25) is 4.79 Å². The molecule has 132 valence electrons. The zero-order chi connectivity index (χ0) is 17.6. The van der Waals surface area contributed by atoms with Gasteiger partial charge >= 0.3 is 0 Å². The van der Waals surface area contributed by atoms with Crippen molar-refractivity contribution in [1.82, 2.24) is 4.90 Å². The molecule has 2 aromatic carbocycles. The summed E-state index contributed by atoms with van der Waals surface area (Å²) in [6.07, 6.45) is 0. The molecule has 3 nitrogen and oxygen atoms in total. The summed E-state index contributed by atoms with van der Waals surface area (Å²) < 4.78 is 0. The summed E-state index contributed by atoms with van der Waals surface area (Å²) >= 11 is 1.74. The number of carbonyl (C=O) groups excluding carboxylic acids is 1. The van der Waals surface area contributed by atoms with Gasteiger partial charge in [0.1, 0.15) is 0 Å². The Kier molecular flexibility index (Phi) is 6.03. The zero-order valence-electron chi connectivity index (χ0n) is 15.0. The van der Waals surface area contributed by atoms with Crippen LogP contribution in [0.4, 0.5) is 5.69 Å². The molecule has 4 heteroatoms. The molecule has 1 fully saturated rings. The van der Waals surface area contributed by atoms with Crippen molar-refractivity contribution in [2.75, 3.05) is 31.1 Å². The number of aryl methyl sites for hydroxylation is 1. The summed E-state index contributed by atoms with van der Waals surface area (Å²) in [6, 6.07) is 18.9. The monoisotopic (exact) mass is 354 g/mol. The molecule has 1 amide bonds. The molecular weight excluding hydrogens is 328 g/mol. The van der Waals surface area contributed by atoms with E-state index in [0.29, 0.717) is 0 Å². The Morgan fingerprint density at radius 1 is 1.00 bits per heavy atom. The molecule has 3 rings (SSSR count). The third-order valence-corrected chi connectivity index (χ3v) is 5.99. The second kappa shape index (κ2) is 8.43. The Balaban J connectivity index is 1.49. The van der Waals surface area contributed by atoms with Crippen LogP contribution in [0.15, 0.2) is 54.6 Å². The van der Waals surface area contributed by atoms with Crippen LogP contribution in [0.2, 0.25) is 0 Å². The molecule has 2 aromatic rings. The van der Waals surface area contributed by atoms with Crippen LogP contribution in [0.1, 0.15) is 18.1 Å². The quantitative estimate of drug-likeness (QED) is 0.812. The van der Waals surface area contributed by atoms with Gasteiger partial charge in [0.25, 0.3) is 0 Å². The van der Waals surface area contributed by atoms with Crippen LogP contribution in [-0.4, -0.2) is 42.2 Å². The first-order chi connectivity index (χ1) is 12.1. The molecule has 0 radical (unpaired) electrons. The van der Waals surface area contributed by atoms with Crippen LogP contribution in [0.5, 0.6) is 0 Å². The average molecular weight is 355 g/mol. The molecule has 0 N–H and O–H groups in total. The van der Waals surface area contributed by atoms with Gasteiger partial charge in [0.2, 0.25) is 5.91 Å².